The molecule has 3 heterocycles. The number of alkyl halides is 3. The molecule has 10 heteroatoms. The number of halogens is 3. The van der Waals surface area contributed by atoms with Gasteiger partial charge in [0.2, 0.25) is 11.9 Å². The number of aryl methyl sites for hydroxylation is 3. The molecule has 0 bridgehead atoms. The van der Waals surface area contributed by atoms with Crippen molar-refractivity contribution in [2.45, 2.75) is 26.6 Å². The van der Waals surface area contributed by atoms with Crippen LogP contribution in [0.3, 0.4) is 0 Å². The number of amides is 1. The van der Waals surface area contributed by atoms with Gasteiger partial charge in [-0.2, -0.15) is 18.3 Å². The van der Waals surface area contributed by atoms with Crippen molar-refractivity contribution in [3.63, 3.8) is 0 Å². The number of benzene rings is 1. The van der Waals surface area contributed by atoms with Crippen molar-refractivity contribution in [2.75, 3.05) is 5.32 Å². The van der Waals surface area contributed by atoms with Crippen LogP contribution in [0, 0.1) is 13.8 Å². The molecule has 0 saturated carbocycles. The van der Waals surface area contributed by atoms with Gasteiger partial charge in [0.05, 0.1) is 27.7 Å². The third-order valence-corrected chi connectivity index (χ3v) is 4.64. The van der Waals surface area contributed by atoms with E-state index in [1.165, 1.54) is 18.5 Å². The van der Waals surface area contributed by atoms with Crippen molar-refractivity contribution in [3.05, 3.63) is 47.3 Å². The van der Waals surface area contributed by atoms with E-state index in [1.807, 2.05) is 24.3 Å². The van der Waals surface area contributed by atoms with E-state index in [9.17, 15) is 18.0 Å². The Labute approximate surface area is 163 Å². The molecule has 4 aromatic rings. The molecular formula is C19H17F3N6O. The lowest BCUT2D eigenvalue weighted by Crippen LogP contribution is -2.21. The van der Waals surface area contributed by atoms with Gasteiger partial charge in [-0.25, -0.2) is 14.6 Å². The maximum Gasteiger partial charge on any atom is 0.417 e. The van der Waals surface area contributed by atoms with Gasteiger partial charge in [0.25, 0.3) is 0 Å². The lowest BCUT2D eigenvalue weighted by molar-refractivity contribution is -0.136. The van der Waals surface area contributed by atoms with Crippen molar-refractivity contribution < 1.29 is 18.0 Å². The molecule has 0 spiro atoms. The van der Waals surface area contributed by atoms with E-state index in [1.54, 1.807) is 11.6 Å². The molecule has 0 radical (unpaired) electrons. The van der Waals surface area contributed by atoms with Crippen LogP contribution in [-0.4, -0.2) is 30.2 Å². The number of nitrogens with one attached hydrogen (secondary N) is 1. The van der Waals surface area contributed by atoms with Gasteiger partial charge < -0.3 is 4.57 Å². The number of nitrogens with zero attached hydrogens (tertiary/aromatic N) is 5. The third kappa shape index (κ3) is 3.30. The average molecular weight is 402 g/mol. The number of anilines is 1. The van der Waals surface area contributed by atoms with E-state index in [0.29, 0.717) is 5.95 Å². The summed E-state index contributed by atoms with van der Waals surface area (Å²) in [6, 6.07) is 8.38. The number of imidazole rings is 1. The van der Waals surface area contributed by atoms with Crippen molar-refractivity contribution in [2.24, 2.45) is 7.05 Å². The fourth-order valence-electron chi connectivity index (χ4n) is 3.37. The Morgan fingerprint density at radius 1 is 1.17 bits per heavy atom. The SMILES string of the molecule is Cc1cc(C(F)(F)F)c2c(C)nn(CC(=O)Nc3nc4ccccc4n3C)c2n1. The molecule has 0 saturated heterocycles. The summed E-state index contributed by atoms with van der Waals surface area (Å²) in [6.45, 7) is 2.65. The quantitative estimate of drug-likeness (QED) is 0.568. The van der Waals surface area contributed by atoms with E-state index in [4.69, 9.17) is 0 Å². The first-order valence-electron chi connectivity index (χ1n) is 8.78. The van der Waals surface area contributed by atoms with Gasteiger partial charge in [0, 0.05) is 12.7 Å². The molecule has 0 aliphatic heterocycles. The van der Waals surface area contributed by atoms with Crippen LogP contribution in [0.1, 0.15) is 17.0 Å². The maximum atomic E-state index is 13.4. The van der Waals surface area contributed by atoms with E-state index >= 15 is 0 Å². The largest absolute Gasteiger partial charge is 0.417 e. The minimum absolute atomic E-state index is 0.0231. The van der Waals surface area contributed by atoms with Crippen LogP contribution in [0.25, 0.3) is 22.1 Å². The highest BCUT2D eigenvalue weighted by Crippen LogP contribution is 2.36. The van der Waals surface area contributed by atoms with Gasteiger partial charge in [-0.1, -0.05) is 12.1 Å². The highest BCUT2D eigenvalue weighted by molar-refractivity contribution is 5.92. The first-order valence-corrected chi connectivity index (χ1v) is 8.78. The Morgan fingerprint density at radius 3 is 2.59 bits per heavy atom. The summed E-state index contributed by atoms with van der Waals surface area (Å²) in [5, 5.41) is 6.70. The predicted molar refractivity (Wildman–Crippen MR) is 101 cm³/mol. The van der Waals surface area contributed by atoms with Crippen LogP contribution in [0.5, 0.6) is 0 Å². The molecule has 0 aliphatic rings. The first kappa shape index (κ1) is 18.9. The number of hydrogen-bond donors (Lipinski definition) is 1. The number of fused-ring (bicyclic) bond motifs is 2. The molecule has 7 nitrogen and oxygen atoms in total. The zero-order valence-electron chi connectivity index (χ0n) is 15.9. The van der Waals surface area contributed by atoms with Crippen molar-refractivity contribution >= 4 is 33.9 Å². The number of aromatic nitrogens is 5. The van der Waals surface area contributed by atoms with Crippen LogP contribution in [0.15, 0.2) is 30.3 Å². The lowest BCUT2D eigenvalue weighted by Gasteiger charge is -2.10. The van der Waals surface area contributed by atoms with Gasteiger partial charge in [-0.3, -0.25) is 10.1 Å². The minimum atomic E-state index is -4.54. The number of carbonyl (C=O) groups is 1. The van der Waals surface area contributed by atoms with Crippen LogP contribution >= 0.6 is 0 Å². The van der Waals surface area contributed by atoms with E-state index < -0.39 is 17.6 Å². The molecule has 1 aromatic carbocycles. The van der Waals surface area contributed by atoms with E-state index in [2.05, 4.69) is 20.4 Å². The second-order valence-corrected chi connectivity index (χ2v) is 6.78. The van der Waals surface area contributed by atoms with Gasteiger partial charge in [-0.15, -0.1) is 0 Å². The fourth-order valence-corrected chi connectivity index (χ4v) is 3.37. The second-order valence-electron chi connectivity index (χ2n) is 6.78. The van der Waals surface area contributed by atoms with Gasteiger partial charge in [0.1, 0.15) is 6.54 Å². The van der Waals surface area contributed by atoms with Crippen molar-refractivity contribution in [1.82, 2.24) is 24.3 Å². The Morgan fingerprint density at radius 2 is 1.90 bits per heavy atom. The summed E-state index contributed by atoms with van der Waals surface area (Å²) in [4.78, 5) is 21.1. The minimum Gasteiger partial charge on any atom is -0.313 e. The number of hydrogen-bond acceptors (Lipinski definition) is 4. The lowest BCUT2D eigenvalue weighted by atomic mass is 10.1. The zero-order chi connectivity index (χ0) is 20.9. The Balaban J connectivity index is 1.68. The van der Waals surface area contributed by atoms with Gasteiger partial charge in [-0.05, 0) is 32.0 Å². The smallest absolute Gasteiger partial charge is 0.313 e. The van der Waals surface area contributed by atoms with E-state index in [0.717, 1.165) is 17.1 Å². The normalized spacial score (nSPS) is 12.1. The summed E-state index contributed by atoms with van der Waals surface area (Å²) >= 11 is 0. The molecule has 1 N–H and O–H groups in total. The highest BCUT2D eigenvalue weighted by atomic mass is 19.4. The average Bonchev–Trinajstić information content (AvgIpc) is 3.11. The molecule has 0 atom stereocenters. The Kier molecular flexibility index (Phi) is 4.29. The standard InChI is InChI=1S/C19H17F3N6O/c1-10-8-12(19(20,21)22)16-11(2)26-28(17(16)23-10)9-15(29)25-18-24-13-6-4-5-7-14(13)27(18)3/h4-8H,9H2,1-3H3,(H,24,25,29). The van der Waals surface area contributed by atoms with Crippen LogP contribution in [0.4, 0.5) is 19.1 Å². The van der Waals surface area contributed by atoms with E-state index in [-0.39, 0.29) is 29.0 Å². The molecule has 1 amide bonds. The monoisotopic (exact) mass is 402 g/mol. The van der Waals surface area contributed by atoms with Crippen molar-refractivity contribution in [1.29, 1.82) is 0 Å². The van der Waals surface area contributed by atoms with Crippen LogP contribution in [-0.2, 0) is 24.6 Å². The maximum absolute atomic E-state index is 13.4. The summed E-state index contributed by atoms with van der Waals surface area (Å²) in [5.74, 6) is -0.130. The van der Waals surface area contributed by atoms with Gasteiger partial charge >= 0.3 is 6.18 Å². The topological polar surface area (TPSA) is 77.6 Å². The van der Waals surface area contributed by atoms with Gasteiger partial charge in [0.15, 0.2) is 5.65 Å². The molecule has 4 rings (SSSR count). The third-order valence-electron chi connectivity index (χ3n) is 4.64. The van der Waals surface area contributed by atoms with Crippen LogP contribution in [0.2, 0.25) is 0 Å². The summed E-state index contributed by atoms with van der Waals surface area (Å²) in [5.41, 5.74) is 1.14. The molecule has 0 unspecified atom stereocenters. The molecule has 150 valence electrons. The summed E-state index contributed by atoms with van der Waals surface area (Å²) in [7, 11) is 1.76. The number of carbonyl (C=O) groups excluding carboxylic acids is 1. The molecule has 3 aromatic heterocycles. The number of para-hydroxylation sites is 2. The second kappa shape index (κ2) is 6.57. The fraction of sp³-hybridized carbons (Fsp3) is 0.263. The number of pyridine rings is 1. The first-order chi connectivity index (χ1) is 13.6. The Bertz CT molecular complexity index is 1250. The molecular weight excluding hydrogens is 385 g/mol. The molecule has 29 heavy (non-hydrogen) atoms. The molecule has 0 fully saturated rings. The molecule has 0 aliphatic carbocycles. The summed E-state index contributed by atoms with van der Waals surface area (Å²) < 4.78 is 43.2. The Hall–Kier alpha value is -3.43. The van der Waals surface area contributed by atoms with Crippen LogP contribution < -0.4 is 5.32 Å². The van der Waals surface area contributed by atoms with Crippen molar-refractivity contribution in [3.8, 4) is 0 Å². The zero-order valence-corrected chi connectivity index (χ0v) is 15.9. The summed E-state index contributed by atoms with van der Waals surface area (Å²) in [6.07, 6.45) is -4.54. The number of rotatable bonds is 3. The highest BCUT2D eigenvalue weighted by Gasteiger charge is 2.35. The predicted octanol–water partition coefficient (Wildman–Crippen LogP) is 3.59.